The van der Waals surface area contributed by atoms with Gasteiger partial charge in [-0.3, -0.25) is 4.79 Å². The molecule has 0 bridgehead atoms. The third-order valence-electron chi connectivity index (χ3n) is 3.37. The van der Waals surface area contributed by atoms with E-state index in [2.05, 4.69) is 0 Å². The number of nitrogen functional groups attached to an aromatic ring is 1. The molecule has 0 aliphatic heterocycles. The van der Waals surface area contributed by atoms with E-state index in [1.54, 1.807) is 22.8 Å². The number of nitrogens with zero attached hydrogens (tertiary/aromatic N) is 1. The Hall–Kier alpha value is -2.34. The fraction of sp³-hybridized carbons (Fsp3) is 0.375. The number of carboxylic acid groups (broad SMARTS) is 1. The molecule has 0 aliphatic rings. The molecule has 3 N–H and O–H groups in total. The molecule has 0 atom stereocenters. The number of aromatic nitrogens is 1. The van der Waals surface area contributed by atoms with Crippen molar-refractivity contribution in [2.75, 3.05) is 12.3 Å². The minimum absolute atomic E-state index is 0.149. The standard InChI is InChI=1S/C16H20N2O4/c1-10(2)22-8-4-7-18-9-11(16(20)21)15(19)14-12(17)5-3-6-13(14)18/h3,5-6,9-10H,4,7-8,17H2,1-2H3,(H,20,21). The predicted molar refractivity (Wildman–Crippen MR) is 85.3 cm³/mol. The first kappa shape index (κ1) is 16.0. The summed E-state index contributed by atoms with van der Waals surface area (Å²) in [5.74, 6) is -1.25. The molecule has 0 saturated heterocycles. The van der Waals surface area contributed by atoms with E-state index in [9.17, 15) is 14.7 Å². The van der Waals surface area contributed by atoms with Gasteiger partial charge in [0, 0.05) is 25.0 Å². The second-order valence-corrected chi connectivity index (χ2v) is 5.38. The highest BCUT2D eigenvalue weighted by Crippen LogP contribution is 2.18. The van der Waals surface area contributed by atoms with Crippen LogP contribution in [0.3, 0.4) is 0 Å². The number of aryl methyl sites for hydroxylation is 1. The number of carboxylic acids is 1. The highest BCUT2D eigenvalue weighted by molar-refractivity contribution is 5.97. The van der Waals surface area contributed by atoms with Gasteiger partial charge in [-0.05, 0) is 32.4 Å². The summed E-state index contributed by atoms with van der Waals surface area (Å²) in [7, 11) is 0. The van der Waals surface area contributed by atoms with Gasteiger partial charge in [0.25, 0.3) is 0 Å². The maximum atomic E-state index is 12.3. The minimum Gasteiger partial charge on any atom is -0.477 e. The average Bonchev–Trinajstić information content (AvgIpc) is 2.44. The van der Waals surface area contributed by atoms with E-state index in [0.717, 1.165) is 0 Å². The molecular formula is C16H20N2O4. The largest absolute Gasteiger partial charge is 0.477 e. The first-order valence-electron chi connectivity index (χ1n) is 7.18. The van der Waals surface area contributed by atoms with E-state index in [4.69, 9.17) is 10.5 Å². The van der Waals surface area contributed by atoms with Gasteiger partial charge in [-0.1, -0.05) is 6.07 Å². The van der Waals surface area contributed by atoms with Crippen molar-refractivity contribution in [3.8, 4) is 0 Å². The van der Waals surface area contributed by atoms with Crippen LogP contribution in [0.1, 0.15) is 30.6 Å². The highest BCUT2D eigenvalue weighted by Gasteiger charge is 2.15. The molecule has 0 radical (unpaired) electrons. The van der Waals surface area contributed by atoms with Gasteiger partial charge in [-0.2, -0.15) is 0 Å². The van der Waals surface area contributed by atoms with Crippen LogP contribution in [0.5, 0.6) is 0 Å². The molecule has 0 unspecified atom stereocenters. The van der Waals surface area contributed by atoms with E-state index in [-0.39, 0.29) is 22.7 Å². The highest BCUT2D eigenvalue weighted by atomic mass is 16.5. The number of aromatic carboxylic acids is 1. The van der Waals surface area contributed by atoms with Gasteiger partial charge in [-0.15, -0.1) is 0 Å². The van der Waals surface area contributed by atoms with Gasteiger partial charge in [0.2, 0.25) is 5.43 Å². The third kappa shape index (κ3) is 3.28. The number of hydrogen-bond acceptors (Lipinski definition) is 4. The zero-order valence-electron chi connectivity index (χ0n) is 12.7. The summed E-state index contributed by atoms with van der Waals surface area (Å²) < 4.78 is 7.23. The molecule has 118 valence electrons. The number of rotatable bonds is 6. The fourth-order valence-corrected chi connectivity index (χ4v) is 2.35. The molecule has 0 saturated carbocycles. The second-order valence-electron chi connectivity index (χ2n) is 5.38. The summed E-state index contributed by atoms with van der Waals surface area (Å²) in [6.07, 6.45) is 2.24. The van der Waals surface area contributed by atoms with Gasteiger partial charge in [0.1, 0.15) is 5.56 Å². The molecule has 1 heterocycles. The maximum Gasteiger partial charge on any atom is 0.341 e. The lowest BCUT2D eigenvalue weighted by Gasteiger charge is -2.14. The van der Waals surface area contributed by atoms with E-state index in [1.165, 1.54) is 6.20 Å². The van der Waals surface area contributed by atoms with Crippen molar-refractivity contribution >= 4 is 22.6 Å². The molecule has 2 aromatic rings. The van der Waals surface area contributed by atoms with E-state index >= 15 is 0 Å². The number of fused-ring (bicyclic) bond motifs is 1. The van der Waals surface area contributed by atoms with Crippen LogP contribution in [0.4, 0.5) is 5.69 Å². The molecule has 1 aromatic carbocycles. The number of hydrogen-bond donors (Lipinski definition) is 2. The molecule has 6 nitrogen and oxygen atoms in total. The molecule has 0 amide bonds. The Kier molecular flexibility index (Phi) is 4.82. The summed E-state index contributed by atoms with van der Waals surface area (Å²) >= 11 is 0. The van der Waals surface area contributed by atoms with Crippen molar-refractivity contribution < 1.29 is 14.6 Å². The number of pyridine rings is 1. The molecule has 0 aliphatic carbocycles. The monoisotopic (exact) mass is 304 g/mol. The Bertz CT molecular complexity index is 750. The smallest absolute Gasteiger partial charge is 0.341 e. The van der Waals surface area contributed by atoms with Gasteiger partial charge in [-0.25, -0.2) is 4.79 Å². The number of carbonyl (C=O) groups is 1. The third-order valence-corrected chi connectivity index (χ3v) is 3.37. The summed E-state index contributed by atoms with van der Waals surface area (Å²) in [4.78, 5) is 23.5. The SMILES string of the molecule is CC(C)OCCCn1cc(C(=O)O)c(=O)c2c(N)cccc21. The average molecular weight is 304 g/mol. The van der Waals surface area contributed by atoms with Crippen LogP contribution in [-0.2, 0) is 11.3 Å². The molecule has 22 heavy (non-hydrogen) atoms. The Morgan fingerprint density at radius 1 is 1.41 bits per heavy atom. The van der Waals surface area contributed by atoms with Crippen LogP contribution in [-0.4, -0.2) is 28.4 Å². The number of anilines is 1. The van der Waals surface area contributed by atoms with Crippen molar-refractivity contribution in [1.29, 1.82) is 0 Å². The summed E-state index contributed by atoms with van der Waals surface area (Å²) in [5.41, 5.74) is 5.97. The second kappa shape index (κ2) is 6.62. The van der Waals surface area contributed by atoms with Gasteiger partial charge < -0.3 is 20.1 Å². The zero-order valence-corrected chi connectivity index (χ0v) is 12.7. The Balaban J connectivity index is 2.44. The van der Waals surface area contributed by atoms with Crippen molar-refractivity contribution in [1.82, 2.24) is 4.57 Å². The Morgan fingerprint density at radius 3 is 2.77 bits per heavy atom. The zero-order chi connectivity index (χ0) is 16.3. The first-order valence-corrected chi connectivity index (χ1v) is 7.18. The van der Waals surface area contributed by atoms with Gasteiger partial charge in [0.05, 0.1) is 17.0 Å². The fourth-order valence-electron chi connectivity index (χ4n) is 2.35. The van der Waals surface area contributed by atoms with Crippen LogP contribution in [0.25, 0.3) is 10.9 Å². The normalized spacial score (nSPS) is 11.2. The van der Waals surface area contributed by atoms with Crippen LogP contribution in [0, 0.1) is 0 Å². The lowest BCUT2D eigenvalue weighted by Crippen LogP contribution is -2.20. The van der Waals surface area contributed by atoms with Crippen LogP contribution in [0.15, 0.2) is 29.2 Å². The van der Waals surface area contributed by atoms with Gasteiger partial charge >= 0.3 is 5.97 Å². The van der Waals surface area contributed by atoms with Crippen LogP contribution < -0.4 is 11.2 Å². The van der Waals surface area contributed by atoms with Crippen LogP contribution >= 0.6 is 0 Å². The minimum atomic E-state index is -1.25. The lowest BCUT2D eigenvalue weighted by molar-refractivity contribution is 0.0694. The van der Waals surface area contributed by atoms with E-state index in [1.807, 2.05) is 13.8 Å². The Labute approximate surface area is 128 Å². The first-order chi connectivity index (χ1) is 10.4. The summed E-state index contributed by atoms with van der Waals surface area (Å²) in [6, 6.07) is 5.11. The number of ether oxygens (including phenoxy) is 1. The molecule has 0 fully saturated rings. The van der Waals surface area contributed by atoms with Crippen molar-refractivity contribution in [2.45, 2.75) is 32.9 Å². The summed E-state index contributed by atoms with van der Waals surface area (Å²) in [6.45, 7) is 5.03. The number of benzene rings is 1. The van der Waals surface area contributed by atoms with Crippen molar-refractivity contribution in [3.05, 3.63) is 40.2 Å². The molecule has 0 spiro atoms. The quantitative estimate of drug-likeness (QED) is 0.629. The van der Waals surface area contributed by atoms with Gasteiger partial charge in [0.15, 0.2) is 0 Å². The molecular weight excluding hydrogens is 284 g/mol. The lowest BCUT2D eigenvalue weighted by atomic mass is 10.1. The van der Waals surface area contributed by atoms with E-state index < -0.39 is 11.4 Å². The van der Waals surface area contributed by atoms with Crippen molar-refractivity contribution in [3.63, 3.8) is 0 Å². The predicted octanol–water partition coefficient (Wildman–Crippen LogP) is 2.10. The Morgan fingerprint density at radius 2 is 2.14 bits per heavy atom. The van der Waals surface area contributed by atoms with E-state index in [0.29, 0.717) is 25.1 Å². The molecule has 6 heteroatoms. The molecule has 2 rings (SSSR count). The van der Waals surface area contributed by atoms with Crippen LogP contribution in [0.2, 0.25) is 0 Å². The topological polar surface area (TPSA) is 94.5 Å². The summed E-state index contributed by atoms with van der Waals surface area (Å²) in [5, 5.41) is 9.46. The molecule has 1 aromatic heterocycles. The maximum absolute atomic E-state index is 12.3. The number of nitrogens with two attached hydrogens (primary N) is 1. The van der Waals surface area contributed by atoms with Crippen molar-refractivity contribution in [2.24, 2.45) is 0 Å².